The Kier molecular flexibility index (Phi) is 7.02. The average Bonchev–Trinajstić information content (AvgIpc) is 2.22. The van der Waals surface area contributed by atoms with E-state index in [1.807, 2.05) is 10.9 Å². The quantitative estimate of drug-likeness (QED) is 0.354. The van der Waals surface area contributed by atoms with Gasteiger partial charge in [-0.25, -0.2) is 20.4 Å². The minimum absolute atomic E-state index is 0.277. The van der Waals surface area contributed by atoms with Crippen molar-refractivity contribution in [2.75, 3.05) is 6.61 Å². The molecule has 0 aliphatic heterocycles. The fourth-order valence-corrected chi connectivity index (χ4v) is 0.842. The zero-order valence-electron chi connectivity index (χ0n) is 9.64. The van der Waals surface area contributed by atoms with Gasteiger partial charge in [0.1, 0.15) is 11.8 Å². The van der Waals surface area contributed by atoms with E-state index in [0.717, 1.165) is 0 Å². The van der Waals surface area contributed by atoms with Crippen molar-refractivity contribution in [1.82, 2.24) is 10.9 Å². The highest BCUT2D eigenvalue weighted by molar-refractivity contribution is 6.32. The summed E-state index contributed by atoms with van der Waals surface area (Å²) in [5.41, 5.74) is 14.0. The third-order valence-electron chi connectivity index (χ3n) is 1.50. The summed E-state index contributed by atoms with van der Waals surface area (Å²) in [6.45, 7) is 3.95. The van der Waals surface area contributed by atoms with E-state index in [1.165, 1.54) is 6.21 Å². The lowest BCUT2D eigenvalue weighted by atomic mass is 10.2. The number of nitrogens with two attached hydrogens (primary N) is 2. The van der Waals surface area contributed by atoms with Crippen LogP contribution in [-0.4, -0.2) is 36.7 Å². The van der Waals surface area contributed by atoms with Crippen molar-refractivity contribution in [3.05, 3.63) is 0 Å². The second kappa shape index (κ2) is 8.05. The van der Waals surface area contributed by atoms with Gasteiger partial charge in [-0.3, -0.25) is 0 Å². The molecule has 17 heavy (non-hydrogen) atoms. The fraction of sp³-hybridized carbons (Fsp3) is 0.500. The van der Waals surface area contributed by atoms with E-state index in [1.54, 1.807) is 13.8 Å². The highest BCUT2D eigenvalue weighted by Crippen LogP contribution is 1.92. The molecule has 4 amide bonds. The third kappa shape index (κ3) is 7.73. The highest BCUT2D eigenvalue weighted by atomic mass is 16.5. The summed E-state index contributed by atoms with van der Waals surface area (Å²) < 4.78 is 5.24. The van der Waals surface area contributed by atoms with Crippen molar-refractivity contribution < 1.29 is 14.3 Å². The molecule has 0 aliphatic carbocycles. The van der Waals surface area contributed by atoms with Crippen molar-refractivity contribution in [2.24, 2.45) is 21.7 Å². The lowest BCUT2D eigenvalue weighted by Crippen LogP contribution is -2.31. The molecule has 0 bridgehead atoms. The van der Waals surface area contributed by atoms with Crippen LogP contribution < -0.4 is 22.3 Å². The predicted molar refractivity (Wildman–Crippen MR) is 62.5 cm³/mol. The van der Waals surface area contributed by atoms with E-state index in [2.05, 4.69) is 10.2 Å². The van der Waals surface area contributed by atoms with E-state index in [9.17, 15) is 9.59 Å². The molecule has 0 aromatic carbocycles. The van der Waals surface area contributed by atoms with Crippen LogP contribution in [0.15, 0.2) is 10.2 Å². The Bertz CT molecular complexity index is 327. The fourth-order valence-electron chi connectivity index (χ4n) is 0.842. The molecule has 0 aromatic rings. The average molecular weight is 244 g/mol. The Morgan fingerprint density at radius 1 is 1.35 bits per heavy atom. The first-order chi connectivity index (χ1) is 7.97. The summed E-state index contributed by atoms with van der Waals surface area (Å²) in [4.78, 5) is 20.9. The van der Waals surface area contributed by atoms with Crippen molar-refractivity contribution in [3.63, 3.8) is 0 Å². The van der Waals surface area contributed by atoms with Crippen LogP contribution in [-0.2, 0) is 4.74 Å². The van der Waals surface area contributed by atoms with Crippen molar-refractivity contribution in [3.8, 4) is 0 Å². The summed E-state index contributed by atoms with van der Waals surface area (Å²) in [6, 6.07) is -1.63. The van der Waals surface area contributed by atoms with Crippen molar-refractivity contribution in [1.29, 1.82) is 0 Å². The maximum atomic E-state index is 10.5. The van der Waals surface area contributed by atoms with Gasteiger partial charge in [-0.1, -0.05) is 0 Å². The van der Waals surface area contributed by atoms with Gasteiger partial charge in [0.15, 0.2) is 0 Å². The Morgan fingerprint density at radius 2 is 1.94 bits per heavy atom. The summed E-state index contributed by atoms with van der Waals surface area (Å²) in [5.74, 6) is 0. The van der Waals surface area contributed by atoms with Gasteiger partial charge in [0.25, 0.3) is 0 Å². The molecule has 96 valence electrons. The molecule has 1 atom stereocenters. The van der Waals surface area contributed by atoms with Crippen LogP contribution in [0.25, 0.3) is 0 Å². The summed E-state index contributed by atoms with van der Waals surface area (Å²) in [7, 11) is 0. The zero-order valence-corrected chi connectivity index (χ0v) is 9.64. The van der Waals surface area contributed by atoms with E-state index in [-0.39, 0.29) is 5.71 Å². The predicted octanol–water partition coefficient (Wildman–Crippen LogP) is -0.910. The number of urea groups is 2. The van der Waals surface area contributed by atoms with Gasteiger partial charge in [-0.2, -0.15) is 10.2 Å². The maximum absolute atomic E-state index is 10.5. The number of hydrazone groups is 2. The second-order valence-electron chi connectivity index (χ2n) is 2.84. The standard InChI is InChI=1S/C8H16N6O3/c1-3-17-5(2)6(12-14-8(10)16)4-11-13-7(9)15/h4-5H,3H2,1-2H3,(H3,9,13,15)(H3,10,14,16). The van der Waals surface area contributed by atoms with E-state index in [0.29, 0.717) is 6.61 Å². The summed E-state index contributed by atoms with van der Waals surface area (Å²) >= 11 is 0. The van der Waals surface area contributed by atoms with Crippen LogP contribution in [0.4, 0.5) is 9.59 Å². The van der Waals surface area contributed by atoms with E-state index < -0.39 is 18.2 Å². The van der Waals surface area contributed by atoms with Gasteiger partial charge in [0, 0.05) is 6.61 Å². The van der Waals surface area contributed by atoms with Gasteiger partial charge < -0.3 is 16.2 Å². The first kappa shape index (κ1) is 14.8. The number of nitrogens with one attached hydrogen (secondary N) is 2. The van der Waals surface area contributed by atoms with Crippen LogP contribution in [0.2, 0.25) is 0 Å². The lowest BCUT2D eigenvalue weighted by molar-refractivity contribution is 0.123. The molecule has 0 aliphatic rings. The van der Waals surface area contributed by atoms with Gasteiger partial charge in [0.2, 0.25) is 0 Å². The molecular formula is C8H16N6O3. The molecule has 9 heteroatoms. The number of nitrogens with zero attached hydrogens (tertiary/aromatic N) is 2. The Balaban J connectivity index is 4.60. The molecule has 0 heterocycles. The van der Waals surface area contributed by atoms with Crippen LogP contribution in [0.1, 0.15) is 13.8 Å². The molecule has 0 radical (unpaired) electrons. The van der Waals surface area contributed by atoms with Crippen molar-refractivity contribution >= 4 is 24.0 Å². The minimum atomic E-state index is -0.817. The van der Waals surface area contributed by atoms with Gasteiger partial charge in [-0.05, 0) is 13.8 Å². The number of amides is 4. The smallest absolute Gasteiger partial charge is 0.332 e. The number of primary amides is 2. The molecule has 0 saturated carbocycles. The Morgan fingerprint density at radius 3 is 2.41 bits per heavy atom. The van der Waals surface area contributed by atoms with Crippen LogP contribution in [0.5, 0.6) is 0 Å². The van der Waals surface area contributed by atoms with Gasteiger partial charge in [-0.15, -0.1) is 0 Å². The van der Waals surface area contributed by atoms with Gasteiger partial charge >= 0.3 is 12.1 Å². The Hall–Kier alpha value is -2.16. The number of carbonyl (C=O) groups is 2. The molecule has 0 aromatic heterocycles. The zero-order chi connectivity index (χ0) is 13.3. The normalized spacial score (nSPS) is 13.4. The monoisotopic (exact) mass is 244 g/mol. The number of hydrogen-bond acceptors (Lipinski definition) is 5. The molecule has 0 spiro atoms. The highest BCUT2D eigenvalue weighted by Gasteiger charge is 2.09. The summed E-state index contributed by atoms with van der Waals surface area (Å²) in [5, 5.41) is 7.16. The number of rotatable bonds is 6. The first-order valence-corrected chi connectivity index (χ1v) is 4.80. The summed E-state index contributed by atoms with van der Waals surface area (Å²) in [6.07, 6.45) is 0.770. The van der Waals surface area contributed by atoms with Gasteiger partial charge in [0.05, 0.1) is 6.21 Å². The van der Waals surface area contributed by atoms with Crippen LogP contribution in [0, 0.1) is 0 Å². The van der Waals surface area contributed by atoms with E-state index in [4.69, 9.17) is 16.2 Å². The SMILES string of the molecule is CCOC(C)C(C=NNC(N)=O)=NNC(N)=O. The molecule has 0 fully saturated rings. The number of carbonyl (C=O) groups excluding carboxylic acids is 2. The third-order valence-corrected chi connectivity index (χ3v) is 1.50. The second-order valence-corrected chi connectivity index (χ2v) is 2.84. The number of ether oxygens (including phenoxy) is 1. The number of hydrogen-bond donors (Lipinski definition) is 4. The molecule has 1 unspecified atom stereocenters. The molecule has 6 N–H and O–H groups in total. The molecule has 9 nitrogen and oxygen atoms in total. The Labute approximate surface area is 98.2 Å². The first-order valence-electron chi connectivity index (χ1n) is 4.80. The molecule has 0 saturated heterocycles. The van der Waals surface area contributed by atoms with Crippen LogP contribution >= 0.6 is 0 Å². The molecular weight excluding hydrogens is 228 g/mol. The minimum Gasteiger partial charge on any atom is -0.372 e. The lowest BCUT2D eigenvalue weighted by Gasteiger charge is -2.10. The molecule has 0 rings (SSSR count). The van der Waals surface area contributed by atoms with E-state index >= 15 is 0 Å². The topological polar surface area (TPSA) is 144 Å². The largest absolute Gasteiger partial charge is 0.372 e. The van der Waals surface area contributed by atoms with Crippen molar-refractivity contribution in [2.45, 2.75) is 20.0 Å². The van der Waals surface area contributed by atoms with Crippen LogP contribution in [0.3, 0.4) is 0 Å². The maximum Gasteiger partial charge on any atom is 0.332 e.